The van der Waals surface area contributed by atoms with Gasteiger partial charge in [0.25, 0.3) is 0 Å². The summed E-state index contributed by atoms with van der Waals surface area (Å²) in [5, 5.41) is 3.61. The van der Waals surface area contributed by atoms with Crippen molar-refractivity contribution < 1.29 is 4.79 Å². The van der Waals surface area contributed by atoms with Crippen LogP contribution in [0.5, 0.6) is 0 Å². The minimum atomic E-state index is -0.676. The van der Waals surface area contributed by atoms with E-state index in [1.807, 2.05) is 73.6 Å². The lowest BCUT2D eigenvalue weighted by Gasteiger charge is -2.26. The van der Waals surface area contributed by atoms with Gasteiger partial charge >= 0.3 is 0 Å². The van der Waals surface area contributed by atoms with Gasteiger partial charge in [-0.25, -0.2) is 0 Å². The van der Waals surface area contributed by atoms with Crippen LogP contribution in [0.2, 0.25) is 5.02 Å². The van der Waals surface area contributed by atoms with E-state index in [-0.39, 0.29) is 36.8 Å². The first-order chi connectivity index (χ1) is 11.0. The van der Waals surface area contributed by atoms with Gasteiger partial charge < -0.3 is 16.0 Å². The molecule has 3 N–H and O–H groups in total. The van der Waals surface area contributed by atoms with Gasteiger partial charge in [0.05, 0.1) is 6.04 Å². The zero-order valence-electron chi connectivity index (χ0n) is 14.2. The summed E-state index contributed by atoms with van der Waals surface area (Å²) in [4.78, 5) is 14.3. The number of carbonyl (C=O) groups is 1. The lowest BCUT2D eigenvalue weighted by molar-refractivity contribution is -0.122. The maximum Gasteiger partial charge on any atom is 0.241 e. The molecule has 0 bridgehead atoms. The van der Waals surface area contributed by atoms with E-state index < -0.39 is 6.04 Å². The predicted molar refractivity (Wildman–Crippen MR) is 109 cm³/mol. The first-order valence-electron chi connectivity index (χ1n) is 7.49. The van der Waals surface area contributed by atoms with Crippen LogP contribution >= 0.6 is 36.4 Å². The van der Waals surface area contributed by atoms with Crippen LogP contribution in [0, 0.1) is 0 Å². The predicted octanol–water partition coefficient (Wildman–Crippen LogP) is 3.60. The smallest absolute Gasteiger partial charge is 0.241 e. The summed E-state index contributed by atoms with van der Waals surface area (Å²) < 4.78 is 0. The average Bonchev–Trinajstić information content (AvgIpc) is 2.56. The summed E-state index contributed by atoms with van der Waals surface area (Å²) in [6.07, 6.45) is 0. The molecule has 7 heteroatoms. The topological polar surface area (TPSA) is 58.4 Å². The minimum absolute atomic E-state index is 0. The Morgan fingerprint density at radius 3 is 2.20 bits per heavy atom. The van der Waals surface area contributed by atoms with Crippen LogP contribution in [-0.4, -0.2) is 31.4 Å². The molecule has 1 amide bonds. The van der Waals surface area contributed by atoms with E-state index in [0.29, 0.717) is 11.6 Å². The van der Waals surface area contributed by atoms with Crippen LogP contribution in [0.1, 0.15) is 23.2 Å². The van der Waals surface area contributed by atoms with Crippen LogP contribution in [0.15, 0.2) is 54.6 Å². The summed E-state index contributed by atoms with van der Waals surface area (Å²) in [7, 11) is 3.91. The van der Waals surface area contributed by atoms with Crippen molar-refractivity contribution >= 4 is 42.3 Å². The number of halogens is 3. The summed E-state index contributed by atoms with van der Waals surface area (Å²) in [5.74, 6) is -0.199. The van der Waals surface area contributed by atoms with Crippen molar-refractivity contribution in [2.45, 2.75) is 12.1 Å². The molecule has 2 rings (SSSR count). The molecular weight excluding hydrogens is 381 g/mol. The highest BCUT2D eigenvalue weighted by atomic mass is 35.5. The van der Waals surface area contributed by atoms with Crippen molar-refractivity contribution in [3.05, 3.63) is 70.7 Å². The zero-order chi connectivity index (χ0) is 16.8. The number of amides is 1. The molecule has 0 spiro atoms. The molecule has 0 fully saturated rings. The van der Waals surface area contributed by atoms with E-state index in [0.717, 1.165) is 11.1 Å². The summed E-state index contributed by atoms with van der Waals surface area (Å²) >= 11 is 6.27. The molecule has 2 aromatic rings. The van der Waals surface area contributed by atoms with Crippen LogP contribution < -0.4 is 11.1 Å². The van der Waals surface area contributed by atoms with Crippen LogP contribution in [0.25, 0.3) is 0 Å². The number of nitrogens with two attached hydrogens (primary N) is 1. The van der Waals surface area contributed by atoms with Gasteiger partial charge in [-0.15, -0.1) is 24.8 Å². The quantitative estimate of drug-likeness (QED) is 0.773. The van der Waals surface area contributed by atoms with Gasteiger partial charge in [0.15, 0.2) is 0 Å². The fraction of sp³-hybridized carbons (Fsp3) is 0.278. The molecule has 0 heterocycles. The second kappa shape index (κ2) is 11.3. The van der Waals surface area contributed by atoms with Gasteiger partial charge in [-0.2, -0.15) is 0 Å². The molecule has 138 valence electrons. The highest BCUT2D eigenvalue weighted by Gasteiger charge is 2.20. The number of nitrogens with zero attached hydrogens (tertiary/aromatic N) is 1. The third-order valence-corrected chi connectivity index (χ3v) is 4.14. The van der Waals surface area contributed by atoms with Crippen molar-refractivity contribution in [1.29, 1.82) is 0 Å². The molecule has 0 saturated heterocycles. The van der Waals surface area contributed by atoms with E-state index >= 15 is 0 Å². The monoisotopic (exact) mass is 403 g/mol. The number of likely N-dealkylation sites (N-methyl/N-ethyl adjacent to an activating group) is 1. The molecule has 0 aromatic heterocycles. The molecule has 0 saturated carbocycles. The third kappa shape index (κ3) is 6.49. The van der Waals surface area contributed by atoms with Gasteiger partial charge in [0.1, 0.15) is 6.04 Å². The second-order valence-corrected chi connectivity index (χ2v) is 6.04. The molecule has 2 atom stereocenters. The standard InChI is InChI=1S/C18H22ClN3O.2ClH/c1-22(2)16(14-10-6-7-11-15(14)19)12-21-18(23)17(20)13-8-4-3-5-9-13;;/h3-11,16-17H,12,20H2,1-2H3,(H,21,23);2*1H. The first-order valence-corrected chi connectivity index (χ1v) is 7.87. The number of rotatable bonds is 6. The Hall–Kier alpha value is -1.30. The van der Waals surface area contributed by atoms with Crippen molar-refractivity contribution in [2.75, 3.05) is 20.6 Å². The lowest BCUT2D eigenvalue weighted by atomic mass is 10.0. The normalized spacial score (nSPS) is 12.5. The van der Waals surface area contributed by atoms with Crippen LogP contribution in [-0.2, 0) is 4.79 Å². The maximum absolute atomic E-state index is 12.3. The number of carbonyl (C=O) groups excluding carboxylic acids is 1. The van der Waals surface area contributed by atoms with Crippen molar-refractivity contribution in [1.82, 2.24) is 10.2 Å². The Kier molecular flexibility index (Phi) is 10.8. The molecule has 2 aromatic carbocycles. The Labute approximate surface area is 166 Å². The summed E-state index contributed by atoms with van der Waals surface area (Å²) in [5.41, 5.74) is 7.79. The molecule has 4 nitrogen and oxygen atoms in total. The summed E-state index contributed by atoms with van der Waals surface area (Å²) in [6, 6.07) is 16.3. The van der Waals surface area contributed by atoms with E-state index in [4.69, 9.17) is 17.3 Å². The van der Waals surface area contributed by atoms with Gasteiger partial charge in [0, 0.05) is 11.6 Å². The average molecular weight is 405 g/mol. The Morgan fingerprint density at radius 2 is 1.64 bits per heavy atom. The highest BCUT2D eigenvalue weighted by Crippen LogP contribution is 2.25. The highest BCUT2D eigenvalue weighted by molar-refractivity contribution is 6.31. The summed E-state index contributed by atoms with van der Waals surface area (Å²) in [6.45, 7) is 0.441. The van der Waals surface area contributed by atoms with Crippen LogP contribution in [0.4, 0.5) is 0 Å². The zero-order valence-corrected chi connectivity index (χ0v) is 16.6. The van der Waals surface area contributed by atoms with Crippen molar-refractivity contribution in [3.8, 4) is 0 Å². The lowest BCUT2D eigenvalue weighted by Crippen LogP contribution is -2.39. The number of hydrogen-bond acceptors (Lipinski definition) is 3. The third-order valence-electron chi connectivity index (χ3n) is 3.80. The molecule has 2 unspecified atom stereocenters. The molecule has 0 aliphatic heterocycles. The molecule has 25 heavy (non-hydrogen) atoms. The second-order valence-electron chi connectivity index (χ2n) is 5.63. The van der Waals surface area contributed by atoms with Gasteiger partial charge in [-0.3, -0.25) is 4.79 Å². The first kappa shape index (κ1) is 23.7. The SMILES string of the molecule is CN(C)C(CNC(=O)C(N)c1ccccc1)c1ccccc1Cl.Cl.Cl. The maximum atomic E-state index is 12.3. The number of nitrogens with one attached hydrogen (secondary N) is 1. The fourth-order valence-electron chi connectivity index (χ4n) is 2.44. The Bertz CT molecular complexity index is 653. The van der Waals surface area contributed by atoms with Gasteiger partial charge in [0.2, 0.25) is 5.91 Å². The van der Waals surface area contributed by atoms with Crippen LogP contribution in [0.3, 0.4) is 0 Å². The van der Waals surface area contributed by atoms with E-state index in [1.54, 1.807) is 0 Å². The van der Waals surface area contributed by atoms with Gasteiger partial charge in [-0.1, -0.05) is 60.1 Å². The minimum Gasteiger partial charge on any atom is -0.353 e. The Morgan fingerprint density at radius 1 is 1.08 bits per heavy atom. The van der Waals surface area contributed by atoms with E-state index in [2.05, 4.69) is 5.32 Å². The van der Waals surface area contributed by atoms with E-state index in [9.17, 15) is 4.79 Å². The van der Waals surface area contributed by atoms with Crippen molar-refractivity contribution in [2.24, 2.45) is 5.73 Å². The van der Waals surface area contributed by atoms with Gasteiger partial charge in [-0.05, 0) is 31.3 Å². The number of benzene rings is 2. The van der Waals surface area contributed by atoms with Crippen molar-refractivity contribution in [3.63, 3.8) is 0 Å². The molecular formula is C18H24Cl3N3O. The largest absolute Gasteiger partial charge is 0.353 e. The molecule has 0 aliphatic carbocycles. The molecule has 0 aliphatic rings. The number of hydrogen-bond donors (Lipinski definition) is 2. The fourth-order valence-corrected chi connectivity index (χ4v) is 2.70. The van der Waals surface area contributed by atoms with E-state index in [1.165, 1.54) is 0 Å². The molecule has 0 radical (unpaired) electrons. The Balaban J connectivity index is 0.00000288.